The molecule has 0 aliphatic rings. The minimum absolute atomic E-state index is 0.625. The van der Waals surface area contributed by atoms with Crippen LogP contribution in [0.15, 0.2) is 53.9 Å². The van der Waals surface area contributed by atoms with E-state index >= 15 is 0 Å². The fraction of sp³-hybridized carbons (Fsp3) is 0.0556. The van der Waals surface area contributed by atoms with Crippen molar-refractivity contribution in [1.82, 2.24) is 0 Å². The van der Waals surface area contributed by atoms with Gasteiger partial charge in [0.1, 0.15) is 0 Å². The van der Waals surface area contributed by atoms with Gasteiger partial charge in [0.2, 0.25) is 0 Å². The van der Waals surface area contributed by atoms with Crippen LogP contribution in [0.3, 0.4) is 0 Å². The molecule has 0 amide bonds. The zero-order chi connectivity index (χ0) is 16.4. The Morgan fingerprint density at radius 2 is 1.83 bits per heavy atom. The first-order chi connectivity index (χ1) is 11.1. The number of anilines is 2. The van der Waals surface area contributed by atoms with Gasteiger partial charge in [-0.05, 0) is 54.3 Å². The Morgan fingerprint density at radius 3 is 2.48 bits per heavy atom. The van der Waals surface area contributed by atoms with Gasteiger partial charge in [0.05, 0.1) is 20.6 Å². The van der Waals surface area contributed by atoms with Crippen LogP contribution in [0.5, 0.6) is 0 Å². The minimum Gasteiger partial charge on any atom is -0.354 e. The van der Waals surface area contributed by atoms with E-state index < -0.39 is 0 Å². The second-order valence-corrected chi connectivity index (χ2v) is 7.20. The topological polar surface area (TPSA) is 12.0 Å². The Hall–Kier alpha value is -1.39. The lowest BCUT2D eigenvalue weighted by Gasteiger charge is -2.11. The highest BCUT2D eigenvalue weighted by molar-refractivity contribution is 7.81. The second kappa shape index (κ2) is 7.02. The van der Waals surface area contributed by atoms with E-state index in [2.05, 4.69) is 18.3 Å². The van der Waals surface area contributed by atoms with Crippen LogP contribution in [-0.4, -0.2) is 4.86 Å². The van der Waals surface area contributed by atoms with Crippen LogP contribution in [0.25, 0.3) is 0 Å². The Balaban J connectivity index is 1.88. The van der Waals surface area contributed by atoms with E-state index in [1.165, 1.54) is 5.56 Å². The maximum Gasteiger partial charge on any atom is 0.0640 e. The summed E-state index contributed by atoms with van der Waals surface area (Å²) < 4.78 is 0. The fourth-order valence-electron chi connectivity index (χ4n) is 2.22. The van der Waals surface area contributed by atoms with Gasteiger partial charge in [-0.3, -0.25) is 0 Å². The van der Waals surface area contributed by atoms with Crippen molar-refractivity contribution in [3.05, 3.63) is 80.0 Å². The second-order valence-electron chi connectivity index (χ2n) is 5.06. The van der Waals surface area contributed by atoms with Crippen molar-refractivity contribution in [3.63, 3.8) is 0 Å². The predicted molar refractivity (Wildman–Crippen MR) is 106 cm³/mol. The van der Waals surface area contributed by atoms with Crippen molar-refractivity contribution < 1.29 is 0 Å². The quantitative estimate of drug-likeness (QED) is 0.393. The van der Waals surface area contributed by atoms with Gasteiger partial charge < -0.3 is 5.32 Å². The highest BCUT2D eigenvalue weighted by Crippen LogP contribution is 2.30. The largest absolute Gasteiger partial charge is 0.354 e. The van der Waals surface area contributed by atoms with Crippen molar-refractivity contribution in [2.24, 2.45) is 0 Å². The van der Waals surface area contributed by atoms with E-state index in [0.717, 1.165) is 26.7 Å². The van der Waals surface area contributed by atoms with Gasteiger partial charge in [0.15, 0.2) is 0 Å². The van der Waals surface area contributed by atoms with Gasteiger partial charge in [0, 0.05) is 16.1 Å². The smallest absolute Gasteiger partial charge is 0.0640 e. The van der Waals surface area contributed by atoms with E-state index in [1.54, 1.807) is 11.3 Å². The van der Waals surface area contributed by atoms with Crippen LogP contribution < -0.4 is 5.32 Å². The van der Waals surface area contributed by atoms with Crippen molar-refractivity contribution >= 4 is 63.0 Å². The number of benzene rings is 2. The molecular weight excluding hydrogens is 365 g/mol. The van der Waals surface area contributed by atoms with Crippen LogP contribution in [0.1, 0.15) is 16.0 Å². The maximum absolute atomic E-state index is 6.44. The molecule has 0 saturated carbocycles. The molecule has 0 unspecified atom stereocenters. The summed E-state index contributed by atoms with van der Waals surface area (Å²) in [6, 6.07) is 15.4. The highest BCUT2D eigenvalue weighted by atomic mass is 35.5. The summed E-state index contributed by atoms with van der Waals surface area (Å²) in [7, 11) is 0. The third-order valence-corrected chi connectivity index (χ3v) is 5.66. The zero-order valence-electron chi connectivity index (χ0n) is 12.3. The van der Waals surface area contributed by atoms with E-state index in [0.29, 0.717) is 10.0 Å². The Morgan fingerprint density at radius 1 is 1.04 bits per heavy atom. The average Bonchev–Trinajstić information content (AvgIpc) is 2.95. The molecule has 0 spiro atoms. The summed E-state index contributed by atoms with van der Waals surface area (Å²) in [6.07, 6.45) is 0. The third kappa shape index (κ3) is 3.59. The SMILES string of the molecule is Cc1ccsc1C(=S)c1ccc(Nc2ccccc2Cl)cc1Cl. The first-order valence-corrected chi connectivity index (χ1v) is 9.00. The average molecular weight is 378 g/mol. The monoisotopic (exact) mass is 377 g/mol. The van der Waals surface area contributed by atoms with Crippen LogP contribution in [-0.2, 0) is 0 Å². The van der Waals surface area contributed by atoms with E-state index in [9.17, 15) is 0 Å². The van der Waals surface area contributed by atoms with E-state index in [1.807, 2.05) is 47.8 Å². The van der Waals surface area contributed by atoms with Crippen molar-refractivity contribution in [2.45, 2.75) is 6.92 Å². The van der Waals surface area contributed by atoms with Gasteiger partial charge in [-0.15, -0.1) is 11.3 Å². The molecule has 3 rings (SSSR count). The van der Waals surface area contributed by atoms with E-state index in [4.69, 9.17) is 35.4 Å². The molecule has 116 valence electrons. The molecule has 0 bridgehead atoms. The molecule has 5 heteroatoms. The number of para-hydroxylation sites is 1. The first-order valence-electron chi connectivity index (χ1n) is 6.96. The fourth-order valence-corrected chi connectivity index (χ4v) is 4.10. The highest BCUT2D eigenvalue weighted by Gasteiger charge is 2.13. The molecule has 23 heavy (non-hydrogen) atoms. The summed E-state index contributed by atoms with van der Waals surface area (Å²) in [6.45, 7) is 2.05. The molecule has 2 aromatic carbocycles. The van der Waals surface area contributed by atoms with Crippen LogP contribution >= 0.6 is 46.8 Å². The zero-order valence-corrected chi connectivity index (χ0v) is 15.4. The number of thiocarbonyl (C=S) groups is 1. The number of hydrogen-bond acceptors (Lipinski definition) is 3. The lowest BCUT2D eigenvalue weighted by Crippen LogP contribution is -2.01. The summed E-state index contributed by atoms with van der Waals surface area (Å²) >= 11 is 19.8. The predicted octanol–water partition coefficient (Wildman–Crippen LogP) is 6.87. The molecule has 3 aromatic rings. The number of hydrogen-bond donors (Lipinski definition) is 1. The molecule has 0 radical (unpaired) electrons. The Bertz CT molecular complexity index is 871. The maximum atomic E-state index is 6.44. The van der Waals surface area contributed by atoms with Crippen molar-refractivity contribution in [1.29, 1.82) is 0 Å². The van der Waals surface area contributed by atoms with Crippen LogP contribution in [0.4, 0.5) is 11.4 Å². The lowest BCUT2D eigenvalue weighted by atomic mass is 10.1. The van der Waals surface area contributed by atoms with Crippen LogP contribution in [0, 0.1) is 6.92 Å². The minimum atomic E-state index is 0.625. The molecule has 0 saturated heterocycles. The number of halogens is 2. The standard InChI is InChI=1S/C18H13Cl2NS2/c1-11-8-9-23-18(11)17(22)13-7-6-12(10-15(13)20)21-16-5-3-2-4-14(16)19/h2-10,21H,1H3. The normalized spacial score (nSPS) is 10.6. The summed E-state index contributed by atoms with van der Waals surface area (Å²) in [4.78, 5) is 1.88. The molecule has 0 atom stereocenters. The number of aryl methyl sites for hydroxylation is 1. The number of nitrogens with one attached hydrogen (secondary N) is 1. The first kappa shape index (κ1) is 16.5. The molecule has 1 aromatic heterocycles. The molecule has 0 aliphatic carbocycles. The number of thiophene rings is 1. The summed E-state index contributed by atoms with van der Waals surface area (Å²) in [5, 5.41) is 6.60. The molecule has 1 nitrogen and oxygen atoms in total. The lowest BCUT2D eigenvalue weighted by molar-refractivity contribution is 1.52. The summed E-state index contributed by atoms with van der Waals surface area (Å²) in [5.41, 5.74) is 3.76. The molecule has 1 heterocycles. The van der Waals surface area contributed by atoms with Gasteiger partial charge in [-0.2, -0.15) is 0 Å². The van der Waals surface area contributed by atoms with Crippen LogP contribution in [0.2, 0.25) is 10.0 Å². The number of rotatable bonds is 4. The van der Waals surface area contributed by atoms with Gasteiger partial charge in [0.25, 0.3) is 0 Å². The van der Waals surface area contributed by atoms with Gasteiger partial charge in [-0.1, -0.05) is 47.6 Å². The van der Waals surface area contributed by atoms with Crippen molar-refractivity contribution in [2.75, 3.05) is 5.32 Å². The van der Waals surface area contributed by atoms with Gasteiger partial charge >= 0.3 is 0 Å². The van der Waals surface area contributed by atoms with Gasteiger partial charge in [-0.25, -0.2) is 0 Å². The molecule has 0 fully saturated rings. The summed E-state index contributed by atoms with van der Waals surface area (Å²) in [5.74, 6) is 0. The van der Waals surface area contributed by atoms with E-state index in [-0.39, 0.29) is 0 Å². The molecule has 1 N–H and O–H groups in total. The molecular formula is C18H13Cl2NS2. The Kier molecular flexibility index (Phi) is 5.02. The third-order valence-electron chi connectivity index (χ3n) is 3.43. The Labute approximate surface area is 154 Å². The van der Waals surface area contributed by atoms with Crippen molar-refractivity contribution in [3.8, 4) is 0 Å². The molecule has 0 aliphatic heterocycles.